The van der Waals surface area contributed by atoms with Gasteiger partial charge < -0.3 is 4.74 Å². The van der Waals surface area contributed by atoms with Crippen molar-refractivity contribution in [2.45, 2.75) is 67.4 Å². The Morgan fingerprint density at radius 1 is 1.19 bits per heavy atom. The second kappa shape index (κ2) is 6.27. The average Bonchev–Trinajstić information content (AvgIpc) is 2.17. The largest absolute Gasteiger partial charge is 0.462 e. The molecule has 2 heteroatoms. The third-order valence-corrected chi connectivity index (χ3v) is 3.71. The van der Waals surface area contributed by atoms with E-state index in [9.17, 15) is 4.79 Å². The fourth-order valence-corrected chi connectivity index (χ4v) is 1.45. The van der Waals surface area contributed by atoms with Gasteiger partial charge in [-0.3, -0.25) is 4.79 Å². The molecule has 2 nitrogen and oxygen atoms in total. The van der Waals surface area contributed by atoms with Crippen molar-refractivity contribution in [3.63, 3.8) is 0 Å². The second-order valence-corrected chi connectivity index (χ2v) is 5.77. The van der Waals surface area contributed by atoms with E-state index in [1.807, 2.05) is 20.8 Å². The lowest BCUT2D eigenvalue weighted by Crippen LogP contribution is -2.36. The topological polar surface area (TPSA) is 26.3 Å². The van der Waals surface area contributed by atoms with Gasteiger partial charge in [-0.1, -0.05) is 34.1 Å². The molecule has 2 unspecified atom stereocenters. The third kappa shape index (κ3) is 4.15. The van der Waals surface area contributed by atoms with Gasteiger partial charge in [-0.25, -0.2) is 0 Å². The molecule has 0 aromatic heterocycles. The Kier molecular flexibility index (Phi) is 6.06. The molecule has 0 aromatic carbocycles. The molecule has 0 aliphatic carbocycles. The first-order valence-corrected chi connectivity index (χ1v) is 6.44. The molecule has 0 N–H and O–H groups in total. The van der Waals surface area contributed by atoms with Gasteiger partial charge in [0.2, 0.25) is 0 Å². The van der Waals surface area contributed by atoms with Gasteiger partial charge in [0.15, 0.2) is 0 Å². The van der Waals surface area contributed by atoms with Crippen molar-refractivity contribution in [3.05, 3.63) is 0 Å². The lowest BCUT2D eigenvalue weighted by molar-refractivity contribution is -0.163. The molecule has 0 spiro atoms. The number of carbonyl (C=O) groups excluding carboxylic acids is 1. The molecular weight excluding hydrogens is 200 g/mol. The van der Waals surface area contributed by atoms with Crippen LogP contribution in [-0.4, -0.2) is 12.1 Å². The van der Waals surface area contributed by atoms with Crippen LogP contribution in [0.15, 0.2) is 0 Å². The van der Waals surface area contributed by atoms with E-state index in [1.165, 1.54) is 0 Å². The summed E-state index contributed by atoms with van der Waals surface area (Å²) in [6, 6.07) is 0. The molecule has 2 atom stereocenters. The number of rotatable bonds is 6. The lowest BCUT2D eigenvalue weighted by Gasteiger charge is -2.31. The van der Waals surface area contributed by atoms with Crippen molar-refractivity contribution in [2.24, 2.45) is 17.3 Å². The maximum absolute atomic E-state index is 12.1. The van der Waals surface area contributed by atoms with Gasteiger partial charge in [-0.15, -0.1) is 0 Å². The first kappa shape index (κ1) is 15.5. The summed E-state index contributed by atoms with van der Waals surface area (Å²) in [4.78, 5) is 12.1. The van der Waals surface area contributed by atoms with E-state index in [2.05, 4.69) is 27.7 Å². The minimum Gasteiger partial charge on any atom is -0.462 e. The van der Waals surface area contributed by atoms with Crippen molar-refractivity contribution in [1.82, 2.24) is 0 Å². The van der Waals surface area contributed by atoms with Crippen LogP contribution in [0.25, 0.3) is 0 Å². The number of ether oxygens (including phenoxy) is 1. The van der Waals surface area contributed by atoms with Gasteiger partial charge in [-0.2, -0.15) is 0 Å². The Morgan fingerprint density at radius 3 is 2.06 bits per heavy atom. The van der Waals surface area contributed by atoms with Crippen molar-refractivity contribution in [3.8, 4) is 0 Å². The molecule has 0 heterocycles. The van der Waals surface area contributed by atoms with E-state index in [1.54, 1.807) is 0 Å². The minimum atomic E-state index is -0.376. The van der Waals surface area contributed by atoms with Gasteiger partial charge in [-0.05, 0) is 39.0 Å². The number of carbonyl (C=O) groups is 1. The molecule has 96 valence electrons. The molecule has 16 heavy (non-hydrogen) atoms. The van der Waals surface area contributed by atoms with Gasteiger partial charge in [0.1, 0.15) is 6.10 Å². The quantitative estimate of drug-likeness (QED) is 0.641. The van der Waals surface area contributed by atoms with Crippen molar-refractivity contribution in [1.29, 1.82) is 0 Å². The standard InChI is InChI=1S/C14H28O2/c1-8-9-11(4)14(6,7)13(15)16-12(5)10(2)3/h10-12H,8-9H2,1-7H3. The fourth-order valence-electron chi connectivity index (χ4n) is 1.45. The van der Waals surface area contributed by atoms with Crippen LogP contribution >= 0.6 is 0 Å². The zero-order valence-electron chi connectivity index (χ0n) is 12.0. The molecule has 0 saturated carbocycles. The first-order chi connectivity index (χ1) is 7.23. The molecule has 0 saturated heterocycles. The Bertz CT molecular complexity index is 219. The van der Waals surface area contributed by atoms with Gasteiger partial charge in [0.05, 0.1) is 5.41 Å². The lowest BCUT2D eigenvalue weighted by atomic mass is 9.77. The first-order valence-electron chi connectivity index (χ1n) is 6.44. The second-order valence-electron chi connectivity index (χ2n) is 5.77. The Hall–Kier alpha value is -0.530. The Balaban J connectivity index is 4.45. The fraction of sp³-hybridized carbons (Fsp3) is 0.929. The molecule has 0 bridgehead atoms. The van der Waals surface area contributed by atoms with Gasteiger partial charge in [0.25, 0.3) is 0 Å². The maximum Gasteiger partial charge on any atom is 0.312 e. The summed E-state index contributed by atoms with van der Waals surface area (Å²) in [5.74, 6) is 0.681. The SMILES string of the molecule is CCCC(C)C(C)(C)C(=O)OC(C)C(C)C. The molecule has 0 amide bonds. The molecule has 0 rings (SSSR count). The zero-order valence-corrected chi connectivity index (χ0v) is 12.0. The predicted molar refractivity (Wildman–Crippen MR) is 68.2 cm³/mol. The van der Waals surface area contributed by atoms with Crippen LogP contribution in [0.4, 0.5) is 0 Å². The highest BCUT2D eigenvalue weighted by Gasteiger charge is 2.35. The third-order valence-electron chi connectivity index (χ3n) is 3.71. The van der Waals surface area contributed by atoms with Crippen molar-refractivity contribution >= 4 is 5.97 Å². The summed E-state index contributed by atoms with van der Waals surface area (Å²) < 4.78 is 5.51. The van der Waals surface area contributed by atoms with Gasteiger partial charge in [0, 0.05) is 0 Å². The van der Waals surface area contributed by atoms with Crippen LogP contribution in [0.1, 0.15) is 61.3 Å². The molecule has 0 aliphatic heterocycles. The molecule has 0 aromatic rings. The van der Waals surface area contributed by atoms with Crippen LogP contribution in [0.5, 0.6) is 0 Å². The maximum atomic E-state index is 12.1. The van der Waals surface area contributed by atoms with E-state index >= 15 is 0 Å². The highest BCUT2D eigenvalue weighted by molar-refractivity contribution is 5.76. The summed E-state index contributed by atoms with van der Waals surface area (Å²) in [6.07, 6.45) is 2.18. The average molecular weight is 228 g/mol. The summed E-state index contributed by atoms with van der Waals surface area (Å²) in [5.41, 5.74) is -0.376. The smallest absolute Gasteiger partial charge is 0.312 e. The number of hydrogen-bond donors (Lipinski definition) is 0. The van der Waals surface area contributed by atoms with E-state index in [0.29, 0.717) is 11.8 Å². The van der Waals surface area contributed by atoms with E-state index in [0.717, 1.165) is 12.8 Å². The monoisotopic (exact) mass is 228 g/mol. The van der Waals surface area contributed by atoms with Crippen molar-refractivity contribution in [2.75, 3.05) is 0 Å². The molecule has 0 aliphatic rings. The number of hydrogen-bond acceptors (Lipinski definition) is 2. The van der Waals surface area contributed by atoms with E-state index in [4.69, 9.17) is 4.74 Å². The van der Waals surface area contributed by atoms with E-state index < -0.39 is 0 Å². The van der Waals surface area contributed by atoms with Crippen LogP contribution in [0.2, 0.25) is 0 Å². The highest BCUT2D eigenvalue weighted by Crippen LogP contribution is 2.32. The number of esters is 1. The Morgan fingerprint density at radius 2 is 1.69 bits per heavy atom. The van der Waals surface area contributed by atoms with Crippen LogP contribution in [0.3, 0.4) is 0 Å². The molecule has 0 radical (unpaired) electrons. The highest BCUT2D eigenvalue weighted by atomic mass is 16.5. The summed E-state index contributed by atoms with van der Waals surface area (Å²) in [6.45, 7) is 14.4. The zero-order chi connectivity index (χ0) is 12.9. The molecular formula is C14H28O2. The van der Waals surface area contributed by atoms with Crippen LogP contribution in [-0.2, 0) is 9.53 Å². The van der Waals surface area contributed by atoms with Crippen molar-refractivity contribution < 1.29 is 9.53 Å². The van der Waals surface area contributed by atoms with Gasteiger partial charge >= 0.3 is 5.97 Å². The van der Waals surface area contributed by atoms with Crippen LogP contribution < -0.4 is 0 Å². The summed E-state index contributed by atoms with van der Waals surface area (Å²) in [7, 11) is 0. The predicted octanol–water partition coefficient (Wildman–Crippen LogP) is 4.04. The summed E-state index contributed by atoms with van der Waals surface area (Å²) in [5, 5.41) is 0. The summed E-state index contributed by atoms with van der Waals surface area (Å²) >= 11 is 0. The minimum absolute atomic E-state index is 0.000557. The molecule has 0 fully saturated rings. The Labute approximate surface area is 101 Å². The van der Waals surface area contributed by atoms with Crippen LogP contribution in [0, 0.1) is 17.3 Å². The normalized spacial score (nSPS) is 16.0. The van der Waals surface area contributed by atoms with E-state index in [-0.39, 0.29) is 17.5 Å².